The quantitative estimate of drug-likeness (QED) is 0.549. The van der Waals surface area contributed by atoms with Crippen LogP contribution in [0.5, 0.6) is 0 Å². The van der Waals surface area contributed by atoms with E-state index in [1.54, 1.807) is 24.3 Å². The molecule has 0 saturated carbocycles. The minimum Gasteiger partial charge on any atom is -0.350 e. The van der Waals surface area contributed by atoms with Gasteiger partial charge in [-0.15, -0.1) is 0 Å². The summed E-state index contributed by atoms with van der Waals surface area (Å²) in [4.78, 5) is 19.5. The van der Waals surface area contributed by atoms with Crippen molar-refractivity contribution in [1.29, 1.82) is 0 Å². The number of halogens is 3. The molecule has 0 spiro atoms. The van der Waals surface area contributed by atoms with Gasteiger partial charge >= 0.3 is 6.18 Å². The number of hydrogen-bond acceptors (Lipinski definition) is 6. The first kappa shape index (κ1) is 20.6. The number of amides is 1. The number of hydrogen-bond donors (Lipinski definition) is 4. The number of benzene rings is 1. The third-order valence-electron chi connectivity index (χ3n) is 4.35. The van der Waals surface area contributed by atoms with E-state index in [4.69, 9.17) is 0 Å². The number of carbonyl (C=O) groups excluding carboxylic acids is 1. The molecule has 2 heterocycles. The minimum absolute atomic E-state index is 0.0347. The van der Waals surface area contributed by atoms with E-state index in [2.05, 4.69) is 37.8 Å². The molecule has 0 aliphatic carbocycles. The van der Waals surface area contributed by atoms with Crippen LogP contribution < -0.4 is 21.3 Å². The van der Waals surface area contributed by atoms with E-state index in [1.807, 2.05) is 0 Å². The van der Waals surface area contributed by atoms with E-state index in [0.717, 1.165) is 31.7 Å². The maximum Gasteiger partial charge on any atom is 0.421 e. The standard InChI is InChI=1S/C19H21F3N6O/c1-2-16(29)26-14-7-3-4-8-15(14)27-17-13(19(20,21)22)11-24-18(28-17)25-12-6-5-9-23-10-12/h2-4,7-8,11-12,23H,1,5-6,9-10H2,(H,26,29)(H2,24,25,27,28)/t12-/m0/s1. The Hall–Kier alpha value is -3.14. The summed E-state index contributed by atoms with van der Waals surface area (Å²) in [5, 5.41) is 11.5. The van der Waals surface area contributed by atoms with Gasteiger partial charge in [-0.3, -0.25) is 4.79 Å². The molecule has 7 nitrogen and oxygen atoms in total. The SMILES string of the molecule is C=CC(=O)Nc1ccccc1Nc1nc(N[C@H]2CCCNC2)ncc1C(F)(F)F. The van der Waals surface area contributed by atoms with Crippen LogP contribution in [0, 0.1) is 0 Å². The second-order valence-electron chi connectivity index (χ2n) is 6.51. The molecule has 1 amide bonds. The van der Waals surface area contributed by atoms with Crippen LogP contribution in [0.15, 0.2) is 43.1 Å². The number of aromatic nitrogens is 2. The molecule has 154 valence electrons. The summed E-state index contributed by atoms with van der Waals surface area (Å²) in [5.74, 6) is -0.786. The number of rotatable bonds is 6. The van der Waals surface area contributed by atoms with Gasteiger partial charge in [-0.1, -0.05) is 18.7 Å². The maximum atomic E-state index is 13.5. The average Bonchev–Trinajstić information content (AvgIpc) is 2.69. The van der Waals surface area contributed by atoms with Crippen LogP contribution in [0.4, 0.5) is 36.3 Å². The predicted octanol–water partition coefficient (Wildman–Crippen LogP) is 3.53. The van der Waals surface area contributed by atoms with E-state index in [-0.39, 0.29) is 17.7 Å². The van der Waals surface area contributed by atoms with Crippen LogP contribution in [-0.2, 0) is 11.0 Å². The molecule has 1 aliphatic rings. The Bertz CT molecular complexity index is 880. The van der Waals surface area contributed by atoms with Crippen molar-refractivity contribution >= 4 is 29.0 Å². The van der Waals surface area contributed by atoms with Crippen LogP contribution in [0.3, 0.4) is 0 Å². The van der Waals surface area contributed by atoms with Crippen molar-refractivity contribution in [3.05, 3.63) is 48.7 Å². The number of nitrogens with zero attached hydrogens (tertiary/aromatic N) is 2. The first-order valence-corrected chi connectivity index (χ1v) is 9.08. The second kappa shape index (κ2) is 8.91. The Morgan fingerprint density at radius 2 is 2.03 bits per heavy atom. The largest absolute Gasteiger partial charge is 0.421 e. The van der Waals surface area contributed by atoms with Crippen LogP contribution in [0.1, 0.15) is 18.4 Å². The Labute approximate surface area is 165 Å². The highest BCUT2D eigenvalue weighted by Crippen LogP contribution is 2.36. The van der Waals surface area contributed by atoms with E-state index in [9.17, 15) is 18.0 Å². The molecule has 1 aromatic heterocycles. The first-order valence-electron chi connectivity index (χ1n) is 9.08. The summed E-state index contributed by atoms with van der Waals surface area (Å²) in [5.41, 5.74) is -0.443. The Morgan fingerprint density at radius 3 is 2.69 bits per heavy atom. The highest BCUT2D eigenvalue weighted by molar-refractivity contribution is 6.01. The van der Waals surface area contributed by atoms with E-state index in [0.29, 0.717) is 12.2 Å². The van der Waals surface area contributed by atoms with Crippen molar-refractivity contribution in [2.75, 3.05) is 29.0 Å². The zero-order valence-electron chi connectivity index (χ0n) is 15.5. The summed E-state index contributed by atoms with van der Waals surface area (Å²) in [7, 11) is 0. The topological polar surface area (TPSA) is 91.0 Å². The number of nitrogens with one attached hydrogen (secondary N) is 4. The molecule has 3 rings (SSSR count). The Morgan fingerprint density at radius 1 is 1.28 bits per heavy atom. The van der Waals surface area contributed by atoms with Crippen molar-refractivity contribution in [3.8, 4) is 0 Å². The summed E-state index contributed by atoms with van der Waals surface area (Å²) in [6.07, 6.45) is -0.995. The number of para-hydroxylation sites is 2. The average molecular weight is 406 g/mol. The van der Waals surface area contributed by atoms with Gasteiger partial charge in [0.05, 0.1) is 11.4 Å². The van der Waals surface area contributed by atoms with Gasteiger partial charge in [-0.05, 0) is 37.6 Å². The fourth-order valence-corrected chi connectivity index (χ4v) is 2.92. The lowest BCUT2D eigenvalue weighted by Crippen LogP contribution is -2.38. The molecule has 1 saturated heterocycles. The zero-order chi connectivity index (χ0) is 20.9. The molecule has 0 unspecified atom stereocenters. The second-order valence-corrected chi connectivity index (χ2v) is 6.51. The van der Waals surface area contributed by atoms with Crippen LogP contribution in [-0.4, -0.2) is 35.0 Å². The summed E-state index contributed by atoms with van der Waals surface area (Å²) >= 11 is 0. The normalized spacial score (nSPS) is 16.7. The molecule has 29 heavy (non-hydrogen) atoms. The highest BCUT2D eigenvalue weighted by atomic mass is 19.4. The number of carbonyl (C=O) groups is 1. The van der Waals surface area contributed by atoms with Gasteiger partial charge in [0.15, 0.2) is 0 Å². The van der Waals surface area contributed by atoms with Crippen LogP contribution in [0.25, 0.3) is 0 Å². The molecule has 0 radical (unpaired) electrons. The van der Waals surface area contributed by atoms with Gasteiger partial charge < -0.3 is 21.3 Å². The number of anilines is 4. The molecule has 1 atom stereocenters. The van der Waals surface area contributed by atoms with E-state index < -0.39 is 23.5 Å². The van der Waals surface area contributed by atoms with Gasteiger partial charge in [0.1, 0.15) is 11.4 Å². The van der Waals surface area contributed by atoms with E-state index >= 15 is 0 Å². The van der Waals surface area contributed by atoms with Gasteiger partial charge in [0.2, 0.25) is 11.9 Å². The van der Waals surface area contributed by atoms with Gasteiger partial charge in [-0.2, -0.15) is 18.2 Å². The zero-order valence-corrected chi connectivity index (χ0v) is 15.5. The molecule has 2 aromatic rings. The smallest absolute Gasteiger partial charge is 0.350 e. The lowest BCUT2D eigenvalue weighted by Gasteiger charge is -2.24. The Balaban J connectivity index is 1.91. The minimum atomic E-state index is -4.65. The number of alkyl halides is 3. The van der Waals surface area contributed by atoms with Crippen molar-refractivity contribution in [1.82, 2.24) is 15.3 Å². The first-order chi connectivity index (χ1) is 13.9. The van der Waals surface area contributed by atoms with Crippen molar-refractivity contribution in [2.24, 2.45) is 0 Å². The monoisotopic (exact) mass is 406 g/mol. The summed E-state index contributed by atoms with van der Waals surface area (Å²) in [6, 6.07) is 6.42. The highest BCUT2D eigenvalue weighted by Gasteiger charge is 2.35. The lowest BCUT2D eigenvalue weighted by molar-refractivity contribution is -0.137. The van der Waals surface area contributed by atoms with E-state index in [1.165, 1.54) is 0 Å². The van der Waals surface area contributed by atoms with Crippen LogP contribution in [0.2, 0.25) is 0 Å². The number of piperidine rings is 1. The molecular formula is C19H21F3N6O. The van der Waals surface area contributed by atoms with Gasteiger partial charge in [0, 0.05) is 18.8 Å². The van der Waals surface area contributed by atoms with Crippen LogP contribution >= 0.6 is 0 Å². The third-order valence-corrected chi connectivity index (χ3v) is 4.35. The maximum absolute atomic E-state index is 13.5. The molecular weight excluding hydrogens is 385 g/mol. The summed E-state index contributed by atoms with van der Waals surface area (Å²) in [6.45, 7) is 4.96. The third kappa shape index (κ3) is 5.44. The Kier molecular flexibility index (Phi) is 6.32. The van der Waals surface area contributed by atoms with Crippen molar-refractivity contribution in [2.45, 2.75) is 25.1 Å². The molecule has 1 aromatic carbocycles. The van der Waals surface area contributed by atoms with Crippen molar-refractivity contribution in [3.63, 3.8) is 0 Å². The molecule has 0 bridgehead atoms. The van der Waals surface area contributed by atoms with Gasteiger partial charge in [-0.25, -0.2) is 4.98 Å². The fourth-order valence-electron chi connectivity index (χ4n) is 2.92. The van der Waals surface area contributed by atoms with Crippen molar-refractivity contribution < 1.29 is 18.0 Å². The molecule has 4 N–H and O–H groups in total. The van der Waals surface area contributed by atoms with Gasteiger partial charge in [0.25, 0.3) is 0 Å². The lowest BCUT2D eigenvalue weighted by atomic mass is 10.1. The predicted molar refractivity (Wildman–Crippen MR) is 105 cm³/mol. The summed E-state index contributed by atoms with van der Waals surface area (Å²) < 4.78 is 40.4. The molecule has 1 aliphatic heterocycles. The molecule has 1 fully saturated rings. The molecule has 10 heteroatoms. The fraction of sp³-hybridized carbons (Fsp3) is 0.316.